The van der Waals surface area contributed by atoms with Crippen molar-refractivity contribution in [1.82, 2.24) is 25.1 Å². The van der Waals surface area contributed by atoms with Crippen LogP contribution in [0.15, 0.2) is 24.3 Å². The number of nitro groups is 1. The quantitative estimate of drug-likeness (QED) is 0.618. The highest BCUT2D eigenvalue weighted by molar-refractivity contribution is 5.42. The zero-order valence-electron chi connectivity index (χ0n) is 14.0. The Kier molecular flexibility index (Phi) is 4.84. The first-order valence-corrected chi connectivity index (χ1v) is 8.27. The number of benzene rings is 1. The van der Waals surface area contributed by atoms with Crippen LogP contribution in [-0.2, 0) is 6.54 Å². The van der Waals surface area contributed by atoms with Gasteiger partial charge in [-0.3, -0.25) is 15.0 Å². The summed E-state index contributed by atoms with van der Waals surface area (Å²) in [4.78, 5) is 12.8. The Hall–Kier alpha value is -2.35. The van der Waals surface area contributed by atoms with E-state index >= 15 is 0 Å². The van der Waals surface area contributed by atoms with E-state index in [0.29, 0.717) is 24.1 Å². The van der Waals surface area contributed by atoms with Crippen molar-refractivity contribution in [3.8, 4) is 5.69 Å². The second kappa shape index (κ2) is 7.04. The van der Waals surface area contributed by atoms with E-state index in [2.05, 4.69) is 34.4 Å². The lowest BCUT2D eigenvalue weighted by molar-refractivity contribution is -0.384. The number of rotatable bonds is 5. The molecular formula is C16H22N6O2. The molecule has 0 spiro atoms. The Bertz CT molecular complexity index is 708. The van der Waals surface area contributed by atoms with Crippen LogP contribution in [-0.4, -0.2) is 43.1 Å². The molecule has 1 aromatic carbocycles. The Morgan fingerprint density at radius 1 is 1.33 bits per heavy atom. The molecule has 1 aliphatic rings. The monoisotopic (exact) mass is 330 g/mol. The van der Waals surface area contributed by atoms with E-state index < -0.39 is 4.92 Å². The molecule has 2 aromatic rings. The minimum absolute atomic E-state index is 0.0311. The van der Waals surface area contributed by atoms with Crippen LogP contribution in [0.4, 0.5) is 5.69 Å². The average molecular weight is 330 g/mol. The van der Waals surface area contributed by atoms with Gasteiger partial charge < -0.3 is 0 Å². The van der Waals surface area contributed by atoms with Crippen molar-refractivity contribution < 1.29 is 4.92 Å². The molecule has 0 atom stereocenters. The lowest BCUT2D eigenvalue weighted by atomic mass is 9.87. The van der Waals surface area contributed by atoms with Crippen LogP contribution < -0.4 is 0 Å². The molecule has 0 unspecified atom stereocenters. The first kappa shape index (κ1) is 16.5. The van der Waals surface area contributed by atoms with Gasteiger partial charge in [-0.05, 0) is 55.1 Å². The molecule has 8 heteroatoms. The van der Waals surface area contributed by atoms with E-state index in [9.17, 15) is 10.1 Å². The van der Waals surface area contributed by atoms with Crippen molar-refractivity contribution in [2.75, 3.05) is 7.05 Å². The van der Waals surface area contributed by atoms with Crippen molar-refractivity contribution in [3.63, 3.8) is 0 Å². The van der Waals surface area contributed by atoms with Crippen LogP contribution in [0.2, 0.25) is 0 Å². The molecule has 24 heavy (non-hydrogen) atoms. The van der Waals surface area contributed by atoms with Crippen molar-refractivity contribution in [1.29, 1.82) is 0 Å². The number of hydrogen-bond acceptors (Lipinski definition) is 6. The van der Waals surface area contributed by atoms with Gasteiger partial charge >= 0.3 is 0 Å². The molecular weight excluding hydrogens is 308 g/mol. The zero-order valence-corrected chi connectivity index (χ0v) is 14.0. The molecule has 0 radical (unpaired) electrons. The molecule has 128 valence electrons. The Labute approximate surface area is 140 Å². The van der Waals surface area contributed by atoms with Gasteiger partial charge in [-0.25, -0.2) is 0 Å². The summed E-state index contributed by atoms with van der Waals surface area (Å²) in [5.41, 5.74) is 0.637. The molecule has 8 nitrogen and oxygen atoms in total. The molecule has 1 aromatic heterocycles. The Morgan fingerprint density at radius 2 is 2.08 bits per heavy atom. The third-order valence-electron chi connectivity index (χ3n) is 4.82. The first-order chi connectivity index (χ1) is 11.5. The van der Waals surface area contributed by atoms with Crippen LogP contribution in [0.25, 0.3) is 5.69 Å². The third kappa shape index (κ3) is 3.59. The lowest BCUT2D eigenvalue weighted by Crippen LogP contribution is -2.35. The van der Waals surface area contributed by atoms with Gasteiger partial charge in [0.15, 0.2) is 5.82 Å². The molecule has 0 aliphatic heterocycles. The predicted molar refractivity (Wildman–Crippen MR) is 88.7 cm³/mol. The van der Waals surface area contributed by atoms with Crippen LogP contribution in [0.5, 0.6) is 0 Å². The topological polar surface area (TPSA) is 90.0 Å². The van der Waals surface area contributed by atoms with E-state index in [4.69, 9.17) is 0 Å². The molecule has 1 fully saturated rings. The van der Waals surface area contributed by atoms with E-state index in [1.807, 2.05) is 0 Å². The van der Waals surface area contributed by atoms with Crippen molar-refractivity contribution in [3.05, 3.63) is 40.2 Å². The molecule has 0 saturated heterocycles. The number of nitro benzene ring substituents is 1. The van der Waals surface area contributed by atoms with Gasteiger partial charge in [0.05, 0.1) is 17.2 Å². The SMILES string of the molecule is CC1CCC(N(C)Cc2nnnn2-c2cccc([N+](=O)[O-])c2)CC1. The maximum Gasteiger partial charge on any atom is 0.271 e. The largest absolute Gasteiger partial charge is 0.296 e. The number of aromatic nitrogens is 4. The van der Waals surface area contributed by atoms with Crippen LogP contribution >= 0.6 is 0 Å². The molecule has 0 N–H and O–H groups in total. The van der Waals surface area contributed by atoms with Crippen molar-refractivity contribution >= 4 is 5.69 Å². The summed E-state index contributed by atoms with van der Waals surface area (Å²) >= 11 is 0. The average Bonchev–Trinajstić information content (AvgIpc) is 3.03. The highest BCUT2D eigenvalue weighted by Crippen LogP contribution is 2.27. The highest BCUT2D eigenvalue weighted by atomic mass is 16.6. The summed E-state index contributed by atoms with van der Waals surface area (Å²) in [7, 11) is 2.09. The standard InChI is InChI=1S/C16H22N6O2/c1-12-6-8-13(9-7-12)20(2)11-16-17-18-19-21(16)14-4-3-5-15(10-14)22(23)24/h3-5,10,12-13H,6-9,11H2,1-2H3. The number of nitrogens with zero attached hydrogens (tertiary/aromatic N) is 6. The minimum Gasteiger partial charge on any atom is -0.296 e. The van der Waals surface area contributed by atoms with Crippen molar-refractivity contribution in [2.24, 2.45) is 5.92 Å². The Morgan fingerprint density at radius 3 is 2.79 bits per heavy atom. The Balaban J connectivity index is 1.76. The first-order valence-electron chi connectivity index (χ1n) is 8.27. The fourth-order valence-electron chi connectivity index (χ4n) is 3.28. The zero-order chi connectivity index (χ0) is 17.1. The maximum atomic E-state index is 11.0. The van der Waals surface area contributed by atoms with Crippen molar-refractivity contribution in [2.45, 2.75) is 45.2 Å². The van der Waals surface area contributed by atoms with E-state index in [1.165, 1.54) is 37.8 Å². The van der Waals surface area contributed by atoms with E-state index in [-0.39, 0.29) is 5.69 Å². The van der Waals surface area contributed by atoms with Gasteiger partial charge in [0.25, 0.3) is 5.69 Å². The summed E-state index contributed by atoms with van der Waals surface area (Å²) in [6, 6.07) is 6.90. The molecule has 1 saturated carbocycles. The lowest BCUT2D eigenvalue weighted by Gasteiger charge is -2.33. The summed E-state index contributed by atoms with van der Waals surface area (Å²) < 4.78 is 1.58. The van der Waals surface area contributed by atoms with Crippen LogP contribution in [0.1, 0.15) is 38.4 Å². The summed E-state index contributed by atoms with van der Waals surface area (Å²) in [5, 5.41) is 22.8. The summed E-state index contributed by atoms with van der Waals surface area (Å²) in [6.07, 6.45) is 4.89. The number of hydrogen-bond donors (Lipinski definition) is 0. The van der Waals surface area contributed by atoms with Gasteiger partial charge in [0.2, 0.25) is 0 Å². The summed E-state index contributed by atoms with van der Waals surface area (Å²) in [5.74, 6) is 1.50. The summed E-state index contributed by atoms with van der Waals surface area (Å²) in [6.45, 7) is 2.92. The normalized spacial score (nSPS) is 21.1. The smallest absolute Gasteiger partial charge is 0.271 e. The fourth-order valence-corrected chi connectivity index (χ4v) is 3.28. The molecule has 0 amide bonds. The molecule has 0 bridgehead atoms. The minimum atomic E-state index is -0.414. The van der Waals surface area contributed by atoms with Gasteiger partial charge in [-0.15, -0.1) is 5.10 Å². The number of tetrazole rings is 1. The van der Waals surface area contributed by atoms with Gasteiger partial charge in [-0.1, -0.05) is 13.0 Å². The van der Waals surface area contributed by atoms with Crippen LogP contribution in [0.3, 0.4) is 0 Å². The number of non-ortho nitro benzene ring substituents is 1. The maximum absolute atomic E-state index is 11.0. The predicted octanol–water partition coefficient (Wildman–Crippen LogP) is 2.58. The molecule has 1 heterocycles. The van der Waals surface area contributed by atoms with Gasteiger partial charge in [0, 0.05) is 18.2 Å². The van der Waals surface area contributed by atoms with E-state index in [0.717, 1.165) is 5.92 Å². The third-order valence-corrected chi connectivity index (χ3v) is 4.82. The second-order valence-electron chi connectivity index (χ2n) is 6.61. The molecule has 1 aliphatic carbocycles. The second-order valence-corrected chi connectivity index (χ2v) is 6.61. The van der Waals surface area contributed by atoms with Gasteiger partial charge in [0.1, 0.15) is 0 Å². The highest BCUT2D eigenvalue weighted by Gasteiger charge is 2.23. The molecule has 3 rings (SSSR count). The fraction of sp³-hybridized carbons (Fsp3) is 0.562. The van der Waals surface area contributed by atoms with Crippen LogP contribution in [0, 0.1) is 16.0 Å². The van der Waals surface area contributed by atoms with Gasteiger partial charge in [-0.2, -0.15) is 4.68 Å². The van der Waals surface area contributed by atoms with E-state index in [1.54, 1.807) is 16.8 Å².